The van der Waals surface area contributed by atoms with E-state index in [1.807, 2.05) is 24.3 Å². The molecule has 0 bridgehead atoms. The number of benzene rings is 4. The van der Waals surface area contributed by atoms with Crippen LogP contribution in [-0.2, 0) is 0 Å². The first-order chi connectivity index (χ1) is 18.2. The highest BCUT2D eigenvalue weighted by molar-refractivity contribution is 7.79. The minimum Gasteiger partial charge on any atom is -0.251 e. The summed E-state index contributed by atoms with van der Waals surface area (Å²) in [5.41, 5.74) is 3.71. The third-order valence-corrected chi connectivity index (χ3v) is 13.6. The van der Waals surface area contributed by atoms with E-state index in [-0.39, 0.29) is 11.6 Å². The Labute approximate surface area is 222 Å². The van der Waals surface area contributed by atoms with Crippen LogP contribution in [-0.4, -0.2) is 11.0 Å². The van der Waals surface area contributed by atoms with Crippen LogP contribution in [0.3, 0.4) is 0 Å². The fourth-order valence-corrected chi connectivity index (χ4v) is 12.8. The van der Waals surface area contributed by atoms with Crippen molar-refractivity contribution in [1.29, 1.82) is 0 Å². The fourth-order valence-electron chi connectivity index (χ4n) is 5.31. The van der Waals surface area contributed by atoms with E-state index >= 15 is 0 Å². The smallest absolute Gasteiger partial charge is 0.123 e. The molecule has 1 fully saturated rings. The van der Waals surface area contributed by atoms with E-state index in [9.17, 15) is 8.78 Å². The monoisotopic (exact) mass is 531 g/mol. The predicted molar refractivity (Wildman–Crippen MR) is 155 cm³/mol. The average Bonchev–Trinajstić information content (AvgIpc) is 3.38. The van der Waals surface area contributed by atoms with Gasteiger partial charge in [-0.3, -0.25) is 4.44 Å². The molecule has 0 saturated carbocycles. The zero-order valence-corrected chi connectivity index (χ0v) is 23.0. The molecule has 5 heteroatoms. The Morgan fingerprint density at radius 2 is 1.11 bits per heavy atom. The van der Waals surface area contributed by atoms with Gasteiger partial charge in [0.05, 0.1) is 0 Å². The number of hydrogen-bond donors (Lipinski definition) is 0. The van der Waals surface area contributed by atoms with Gasteiger partial charge in [0.15, 0.2) is 0 Å². The van der Waals surface area contributed by atoms with Crippen LogP contribution in [0.2, 0.25) is 0 Å². The maximum Gasteiger partial charge on any atom is 0.123 e. The highest BCUT2D eigenvalue weighted by Crippen LogP contribution is 2.76. The van der Waals surface area contributed by atoms with Gasteiger partial charge in [-0.15, -0.1) is 0 Å². The minimum atomic E-state index is -0.967. The summed E-state index contributed by atoms with van der Waals surface area (Å²) >= 11 is 0. The van der Waals surface area contributed by atoms with Crippen LogP contribution >= 0.6 is 16.1 Å². The molecule has 37 heavy (non-hydrogen) atoms. The topological polar surface area (TPSA) is 3.24 Å². The molecular weight excluding hydrogens is 498 g/mol. The van der Waals surface area contributed by atoms with Crippen molar-refractivity contribution in [2.75, 3.05) is 6.54 Å². The molecule has 4 aromatic rings. The van der Waals surface area contributed by atoms with Gasteiger partial charge in [-0.1, -0.05) is 98.3 Å². The molecule has 4 aromatic carbocycles. The molecule has 1 heterocycles. The number of rotatable bonds is 9. The van der Waals surface area contributed by atoms with Crippen molar-refractivity contribution in [2.24, 2.45) is 0 Å². The highest BCUT2D eigenvalue weighted by Gasteiger charge is 2.44. The van der Waals surface area contributed by atoms with Crippen molar-refractivity contribution in [3.8, 4) is 0 Å². The summed E-state index contributed by atoms with van der Waals surface area (Å²) in [6.07, 6.45) is 4.48. The number of unbranched alkanes of at least 4 members (excludes halogenated alkanes) is 1. The van der Waals surface area contributed by atoms with E-state index in [1.54, 1.807) is 24.3 Å². The van der Waals surface area contributed by atoms with Gasteiger partial charge in [0, 0.05) is 25.9 Å². The lowest BCUT2D eigenvalue weighted by atomic mass is 10.0. The Bertz CT molecular complexity index is 1160. The average molecular weight is 532 g/mol. The second-order valence-corrected chi connectivity index (χ2v) is 14.5. The molecule has 0 aromatic heterocycles. The van der Waals surface area contributed by atoms with Gasteiger partial charge in [-0.2, -0.15) is 0 Å². The third-order valence-electron chi connectivity index (χ3n) is 7.07. The zero-order valence-electron chi connectivity index (χ0n) is 21.2. The van der Waals surface area contributed by atoms with Gasteiger partial charge in [-0.05, 0) is 73.3 Å². The Balaban J connectivity index is 1.67. The van der Waals surface area contributed by atoms with Gasteiger partial charge >= 0.3 is 0 Å². The van der Waals surface area contributed by atoms with E-state index in [4.69, 9.17) is 0 Å². The van der Waals surface area contributed by atoms with Crippen LogP contribution in [0.25, 0.3) is 0 Å². The molecule has 3 atom stereocenters. The number of nitrogens with zero attached hydrogens (tertiary/aromatic N) is 1. The Hall–Kier alpha value is -2.44. The summed E-state index contributed by atoms with van der Waals surface area (Å²) in [5.74, 6) is -0.456. The highest BCUT2D eigenvalue weighted by atomic mass is 31.2. The second kappa shape index (κ2) is 12.4. The standard InChI is InChI=1S/C32H33F2NP2/c1-2-3-24-35(36(29-18-14-27(33)15-19-29)30-20-16-28(34)17-21-30)37-31(25-10-6-4-7-11-25)22-23-32(37)26-12-8-5-9-13-26/h4-21,31-32H,2-3,22-24H2,1H3/t31-,32?,37?/m0/s1. The molecule has 0 spiro atoms. The Morgan fingerprint density at radius 1 is 0.676 bits per heavy atom. The van der Waals surface area contributed by atoms with Gasteiger partial charge in [0.25, 0.3) is 0 Å². The van der Waals surface area contributed by atoms with Crippen molar-refractivity contribution in [2.45, 2.75) is 43.9 Å². The molecule has 5 rings (SSSR count). The van der Waals surface area contributed by atoms with Crippen LogP contribution in [0.15, 0.2) is 109 Å². The van der Waals surface area contributed by atoms with E-state index in [2.05, 4.69) is 72.0 Å². The normalized spacial score (nSPS) is 19.5. The summed E-state index contributed by atoms with van der Waals surface area (Å²) < 4.78 is 30.8. The van der Waals surface area contributed by atoms with Crippen LogP contribution in [0.1, 0.15) is 55.1 Å². The lowest BCUT2D eigenvalue weighted by Crippen LogP contribution is -2.28. The zero-order chi connectivity index (χ0) is 25.6. The minimum absolute atomic E-state index is 0.228. The molecule has 2 unspecified atom stereocenters. The van der Waals surface area contributed by atoms with Crippen molar-refractivity contribution >= 4 is 26.8 Å². The molecule has 1 saturated heterocycles. The van der Waals surface area contributed by atoms with Crippen molar-refractivity contribution in [3.63, 3.8) is 0 Å². The molecule has 0 amide bonds. The summed E-state index contributed by atoms with van der Waals surface area (Å²) in [7, 11) is -1.59. The lowest BCUT2D eigenvalue weighted by molar-refractivity contribution is 0.626. The van der Waals surface area contributed by atoms with Crippen LogP contribution in [0.4, 0.5) is 8.78 Å². The van der Waals surface area contributed by atoms with E-state index in [1.165, 1.54) is 11.1 Å². The quantitative estimate of drug-likeness (QED) is 0.195. The van der Waals surface area contributed by atoms with Gasteiger partial charge in [-0.25, -0.2) is 8.78 Å². The first-order valence-electron chi connectivity index (χ1n) is 13.1. The summed E-state index contributed by atoms with van der Waals surface area (Å²) in [6.45, 7) is 3.21. The van der Waals surface area contributed by atoms with Crippen LogP contribution in [0, 0.1) is 11.6 Å². The van der Waals surface area contributed by atoms with Crippen molar-refractivity contribution < 1.29 is 8.78 Å². The largest absolute Gasteiger partial charge is 0.251 e. The summed E-state index contributed by atoms with van der Waals surface area (Å²) in [5, 5.41) is 2.24. The molecular formula is C32H33F2NP2. The molecule has 1 aliphatic rings. The summed E-state index contributed by atoms with van der Waals surface area (Å²) in [4.78, 5) is 0. The fraction of sp³-hybridized carbons (Fsp3) is 0.250. The van der Waals surface area contributed by atoms with Crippen molar-refractivity contribution in [1.82, 2.24) is 4.44 Å². The molecule has 0 aliphatic carbocycles. The van der Waals surface area contributed by atoms with E-state index < -0.39 is 16.1 Å². The van der Waals surface area contributed by atoms with Gasteiger partial charge in [0.2, 0.25) is 0 Å². The SMILES string of the molecule is CCCCN(P(c1ccc(F)cc1)c1ccc(F)cc1)P1C(c2ccccc2)CC[C@H]1c1ccccc1. The van der Waals surface area contributed by atoms with E-state index in [0.717, 1.165) is 42.8 Å². The first-order valence-corrected chi connectivity index (χ1v) is 15.9. The summed E-state index contributed by atoms with van der Waals surface area (Å²) in [6, 6.07) is 35.9. The molecule has 190 valence electrons. The molecule has 1 nitrogen and oxygen atoms in total. The van der Waals surface area contributed by atoms with Gasteiger partial charge in [0.1, 0.15) is 11.6 Å². The third kappa shape index (κ3) is 6.01. The van der Waals surface area contributed by atoms with Crippen LogP contribution in [0.5, 0.6) is 0 Å². The maximum atomic E-state index is 14.0. The number of halogens is 2. The lowest BCUT2D eigenvalue weighted by Gasteiger charge is -2.42. The first kappa shape index (κ1) is 26.2. The second-order valence-electron chi connectivity index (χ2n) is 9.52. The molecule has 0 radical (unpaired) electrons. The molecule has 0 N–H and O–H groups in total. The maximum absolute atomic E-state index is 14.0. The van der Waals surface area contributed by atoms with Gasteiger partial charge < -0.3 is 0 Å². The predicted octanol–water partition coefficient (Wildman–Crippen LogP) is 9.09. The van der Waals surface area contributed by atoms with Crippen LogP contribution < -0.4 is 10.6 Å². The van der Waals surface area contributed by atoms with Crippen molar-refractivity contribution in [3.05, 3.63) is 132 Å². The Kier molecular flexibility index (Phi) is 8.78. The van der Waals surface area contributed by atoms with E-state index in [0.29, 0.717) is 11.3 Å². The number of hydrogen-bond acceptors (Lipinski definition) is 1. The molecule has 1 aliphatic heterocycles. The Morgan fingerprint density at radius 3 is 1.51 bits per heavy atom.